The summed E-state index contributed by atoms with van der Waals surface area (Å²) in [6.45, 7) is 2.41. The van der Waals surface area contributed by atoms with Crippen molar-refractivity contribution in [3.8, 4) is 0 Å². The van der Waals surface area contributed by atoms with Gasteiger partial charge in [0.15, 0.2) is 0 Å². The van der Waals surface area contributed by atoms with E-state index in [1.807, 2.05) is 48.2 Å². The summed E-state index contributed by atoms with van der Waals surface area (Å²) in [5, 5.41) is 10.3. The summed E-state index contributed by atoms with van der Waals surface area (Å²) in [5.74, 6) is 0.158. The molecule has 6 nitrogen and oxygen atoms in total. The first kappa shape index (κ1) is 19.1. The second-order valence-corrected chi connectivity index (χ2v) is 7.75. The number of ether oxygens (including phenoxy) is 1. The Morgan fingerprint density at radius 2 is 1.96 bits per heavy atom. The number of carbonyl (C=O) groups is 1. The first-order valence-corrected chi connectivity index (χ1v) is 9.50. The van der Waals surface area contributed by atoms with Crippen LogP contribution in [0.3, 0.4) is 0 Å². The number of hydrogen-bond donors (Lipinski definition) is 2. The zero-order chi connectivity index (χ0) is 18.7. The summed E-state index contributed by atoms with van der Waals surface area (Å²) in [5.41, 5.74) is 7.51. The number of piperidine rings is 1. The molecule has 6 heteroatoms. The molecule has 0 radical (unpaired) electrons. The lowest BCUT2D eigenvalue weighted by Gasteiger charge is -2.56. The molecule has 3 N–H and O–H groups in total. The highest BCUT2D eigenvalue weighted by Crippen LogP contribution is 2.50. The van der Waals surface area contributed by atoms with Gasteiger partial charge in [0.1, 0.15) is 0 Å². The monoisotopic (exact) mass is 361 g/mol. The quantitative estimate of drug-likeness (QED) is 0.791. The van der Waals surface area contributed by atoms with E-state index in [-0.39, 0.29) is 23.5 Å². The fraction of sp³-hybridized carbons (Fsp3) is 0.650. The van der Waals surface area contributed by atoms with Gasteiger partial charge in [-0.15, -0.1) is 0 Å². The van der Waals surface area contributed by atoms with Gasteiger partial charge in [-0.05, 0) is 30.5 Å². The number of hydrogen-bond acceptors (Lipinski definition) is 5. The molecule has 26 heavy (non-hydrogen) atoms. The minimum atomic E-state index is -0.318. The highest BCUT2D eigenvalue weighted by molar-refractivity contribution is 5.79. The van der Waals surface area contributed by atoms with E-state index < -0.39 is 0 Å². The Morgan fingerprint density at radius 1 is 1.31 bits per heavy atom. The Balaban J connectivity index is 1.53. The highest BCUT2D eigenvalue weighted by Gasteiger charge is 2.56. The number of benzene rings is 1. The van der Waals surface area contributed by atoms with Crippen molar-refractivity contribution in [1.82, 2.24) is 4.90 Å². The summed E-state index contributed by atoms with van der Waals surface area (Å²) in [4.78, 5) is 16.6. The second kappa shape index (κ2) is 7.94. The predicted octanol–water partition coefficient (Wildman–Crippen LogP) is 1.01. The molecular formula is C20H31N3O3. The molecule has 3 rings (SSSR count). The van der Waals surface area contributed by atoms with E-state index >= 15 is 0 Å². The van der Waals surface area contributed by atoms with E-state index in [0.717, 1.165) is 24.1 Å². The maximum atomic E-state index is 12.6. The molecule has 1 aliphatic carbocycles. The van der Waals surface area contributed by atoms with Crippen molar-refractivity contribution in [3.63, 3.8) is 0 Å². The topological polar surface area (TPSA) is 79.0 Å². The molecule has 0 bridgehead atoms. The molecular weight excluding hydrogens is 330 g/mol. The fourth-order valence-electron chi connectivity index (χ4n) is 4.20. The molecule has 2 fully saturated rings. The first-order valence-electron chi connectivity index (χ1n) is 9.50. The predicted molar refractivity (Wildman–Crippen MR) is 102 cm³/mol. The van der Waals surface area contributed by atoms with Crippen LogP contribution in [0.25, 0.3) is 0 Å². The zero-order valence-corrected chi connectivity index (χ0v) is 15.9. The average Bonchev–Trinajstić information content (AvgIpc) is 2.65. The van der Waals surface area contributed by atoms with E-state index in [0.29, 0.717) is 39.1 Å². The van der Waals surface area contributed by atoms with Crippen molar-refractivity contribution in [3.05, 3.63) is 29.8 Å². The molecule has 1 aromatic carbocycles. The number of likely N-dealkylation sites (tertiary alicyclic amines) is 1. The first-order chi connectivity index (χ1) is 12.5. The third kappa shape index (κ3) is 3.72. The Hall–Kier alpha value is -1.63. The number of anilines is 1. The summed E-state index contributed by atoms with van der Waals surface area (Å²) in [7, 11) is 4.01. The van der Waals surface area contributed by atoms with Crippen molar-refractivity contribution in [2.75, 3.05) is 45.2 Å². The zero-order valence-electron chi connectivity index (χ0n) is 15.9. The van der Waals surface area contributed by atoms with Crippen LogP contribution in [-0.4, -0.2) is 68.5 Å². The lowest BCUT2D eigenvalue weighted by molar-refractivity contribution is -0.210. The summed E-state index contributed by atoms with van der Waals surface area (Å²) in [6.07, 6.45) is 2.48. The van der Waals surface area contributed by atoms with Crippen LogP contribution in [0, 0.1) is 5.41 Å². The van der Waals surface area contributed by atoms with Crippen LogP contribution in [0.1, 0.15) is 24.8 Å². The Morgan fingerprint density at radius 3 is 2.50 bits per heavy atom. The minimum absolute atomic E-state index is 0.0804. The van der Waals surface area contributed by atoms with E-state index in [1.54, 1.807) is 0 Å². The van der Waals surface area contributed by atoms with Crippen LogP contribution >= 0.6 is 0 Å². The van der Waals surface area contributed by atoms with Gasteiger partial charge < -0.3 is 25.4 Å². The van der Waals surface area contributed by atoms with Crippen LogP contribution in [0.2, 0.25) is 0 Å². The van der Waals surface area contributed by atoms with E-state index in [4.69, 9.17) is 10.5 Å². The molecule has 1 heterocycles. The number of aliphatic hydroxyl groups is 1. The van der Waals surface area contributed by atoms with Gasteiger partial charge in [0.25, 0.3) is 0 Å². The molecule has 0 unspecified atom stereocenters. The molecule has 1 saturated heterocycles. The van der Waals surface area contributed by atoms with E-state index in [1.165, 1.54) is 0 Å². The molecule has 1 aliphatic heterocycles. The summed E-state index contributed by atoms with van der Waals surface area (Å²) in [6, 6.07) is 8.12. The van der Waals surface area contributed by atoms with Crippen molar-refractivity contribution in [1.29, 1.82) is 0 Å². The van der Waals surface area contributed by atoms with E-state index in [9.17, 15) is 9.90 Å². The maximum Gasteiger partial charge on any atom is 0.226 e. The molecule has 1 spiro atoms. The highest BCUT2D eigenvalue weighted by atomic mass is 16.5. The molecule has 1 aromatic rings. The molecule has 0 aromatic heterocycles. The van der Waals surface area contributed by atoms with Crippen LogP contribution < -0.4 is 10.6 Å². The Labute approximate surface area is 155 Å². The Bertz CT molecular complexity index is 609. The van der Waals surface area contributed by atoms with Gasteiger partial charge in [0.05, 0.1) is 25.2 Å². The van der Waals surface area contributed by atoms with E-state index in [2.05, 4.69) is 0 Å². The lowest BCUT2D eigenvalue weighted by atomic mass is 9.58. The van der Waals surface area contributed by atoms with Gasteiger partial charge in [-0.2, -0.15) is 0 Å². The molecule has 144 valence electrons. The molecule has 2 aliphatic rings. The summed E-state index contributed by atoms with van der Waals surface area (Å²) >= 11 is 0. The van der Waals surface area contributed by atoms with Gasteiger partial charge in [-0.25, -0.2) is 0 Å². The SMILES string of the molecule is CN(C)c1ccc(CC(=O)N2CCC3(CC2)[C@@H](O)C[C@H]3OCCN)cc1. The van der Waals surface area contributed by atoms with Crippen LogP contribution in [0.5, 0.6) is 0 Å². The molecule has 2 atom stereocenters. The number of rotatable bonds is 6. The smallest absolute Gasteiger partial charge is 0.226 e. The van der Waals surface area contributed by atoms with Gasteiger partial charge in [0, 0.05) is 51.3 Å². The van der Waals surface area contributed by atoms with Crippen molar-refractivity contribution in [2.24, 2.45) is 11.1 Å². The average molecular weight is 361 g/mol. The Kier molecular flexibility index (Phi) is 5.85. The fourth-order valence-corrected chi connectivity index (χ4v) is 4.20. The number of amides is 1. The maximum absolute atomic E-state index is 12.6. The number of nitrogens with zero attached hydrogens (tertiary/aromatic N) is 2. The molecule has 1 saturated carbocycles. The third-order valence-electron chi connectivity index (χ3n) is 6.03. The van der Waals surface area contributed by atoms with Crippen molar-refractivity contribution in [2.45, 2.75) is 37.9 Å². The van der Waals surface area contributed by atoms with Crippen LogP contribution in [0.4, 0.5) is 5.69 Å². The second-order valence-electron chi connectivity index (χ2n) is 7.75. The number of nitrogens with two attached hydrogens (primary N) is 1. The lowest BCUT2D eigenvalue weighted by Crippen LogP contribution is -2.63. The van der Waals surface area contributed by atoms with Gasteiger partial charge in [0.2, 0.25) is 5.91 Å². The normalized spacial score (nSPS) is 24.4. The molecule has 1 amide bonds. The van der Waals surface area contributed by atoms with Gasteiger partial charge >= 0.3 is 0 Å². The van der Waals surface area contributed by atoms with Crippen molar-refractivity contribution >= 4 is 11.6 Å². The van der Waals surface area contributed by atoms with Gasteiger partial charge in [-0.3, -0.25) is 4.79 Å². The largest absolute Gasteiger partial charge is 0.392 e. The number of carbonyl (C=O) groups excluding carboxylic acids is 1. The summed E-state index contributed by atoms with van der Waals surface area (Å²) < 4.78 is 5.82. The minimum Gasteiger partial charge on any atom is -0.392 e. The number of aliphatic hydroxyl groups excluding tert-OH is 1. The van der Waals surface area contributed by atoms with Crippen molar-refractivity contribution < 1.29 is 14.6 Å². The van der Waals surface area contributed by atoms with Crippen LogP contribution in [-0.2, 0) is 16.0 Å². The van der Waals surface area contributed by atoms with Gasteiger partial charge in [-0.1, -0.05) is 12.1 Å². The van der Waals surface area contributed by atoms with Crippen LogP contribution in [0.15, 0.2) is 24.3 Å². The standard InChI is InChI=1S/C20H31N3O3/c1-22(2)16-5-3-15(4-6-16)13-19(25)23-10-7-20(8-11-23)17(24)14-18(20)26-12-9-21/h3-6,17-18,24H,7-14,21H2,1-2H3/t17-,18+/m0/s1. The third-order valence-corrected chi connectivity index (χ3v) is 6.03.